The number of hydrogen-bond acceptors (Lipinski definition) is 4. The van der Waals surface area contributed by atoms with E-state index in [2.05, 4.69) is 5.32 Å². The fraction of sp³-hybridized carbons (Fsp3) is 0.600. The molecule has 2 N–H and O–H groups in total. The van der Waals surface area contributed by atoms with Gasteiger partial charge in [0.1, 0.15) is 12.7 Å². The Morgan fingerprint density at radius 1 is 1.45 bits per heavy atom. The zero-order valence-corrected chi connectivity index (χ0v) is 11.6. The van der Waals surface area contributed by atoms with E-state index in [1.807, 2.05) is 0 Å². The highest BCUT2D eigenvalue weighted by Crippen LogP contribution is 2.15. The van der Waals surface area contributed by atoms with Gasteiger partial charge in [-0.1, -0.05) is 12.1 Å². The van der Waals surface area contributed by atoms with Crippen molar-refractivity contribution >= 4 is 0 Å². The fourth-order valence-electron chi connectivity index (χ4n) is 2.23. The van der Waals surface area contributed by atoms with Crippen LogP contribution in [-0.4, -0.2) is 44.1 Å². The molecule has 2 atom stereocenters. The van der Waals surface area contributed by atoms with Gasteiger partial charge in [-0.15, -0.1) is 0 Å². The van der Waals surface area contributed by atoms with Crippen molar-refractivity contribution in [3.63, 3.8) is 0 Å². The van der Waals surface area contributed by atoms with Gasteiger partial charge >= 0.3 is 0 Å². The molecule has 0 aromatic heterocycles. The third-order valence-corrected chi connectivity index (χ3v) is 3.34. The number of para-hydroxylation sites is 1. The van der Waals surface area contributed by atoms with Crippen LogP contribution in [0.4, 0.5) is 4.39 Å². The van der Waals surface area contributed by atoms with E-state index in [1.54, 1.807) is 18.2 Å². The molecular formula is C15H22FNO3. The van der Waals surface area contributed by atoms with Crippen molar-refractivity contribution in [2.24, 2.45) is 5.92 Å². The summed E-state index contributed by atoms with van der Waals surface area (Å²) in [4.78, 5) is 0. The molecule has 5 heteroatoms. The maximum atomic E-state index is 13.3. The molecule has 2 rings (SSSR count). The van der Waals surface area contributed by atoms with Gasteiger partial charge in [-0.25, -0.2) is 4.39 Å². The van der Waals surface area contributed by atoms with Crippen LogP contribution in [0.1, 0.15) is 12.8 Å². The van der Waals surface area contributed by atoms with Gasteiger partial charge in [-0.2, -0.15) is 0 Å². The van der Waals surface area contributed by atoms with Crippen LogP contribution in [0.15, 0.2) is 24.3 Å². The molecule has 1 aliphatic heterocycles. The van der Waals surface area contributed by atoms with Gasteiger partial charge < -0.3 is 19.9 Å². The molecule has 20 heavy (non-hydrogen) atoms. The number of aliphatic hydroxyl groups is 1. The Kier molecular flexibility index (Phi) is 6.24. The maximum Gasteiger partial charge on any atom is 0.165 e. The van der Waals surface area contributed by atoms with Crippen molar-refractivity contribution in [1.82, 2.24) is 5.32 Å². The molecule has 1 saturated heterocycles. The van der Waals surface area contributed by atoms with Gasteiger partial charge in [0.25, 0.3) is 0 Å². The lowest BCUT2D eigenvalue weighted by Crippen LogP contribution is -2.36. The van der Waals surface area contributed by atoms with Crippen LogP contribution in [0.3, 0.4) is 0 Å². The van der Waals surface area contributed by atoms with E-state index in [-0.39, 0.29) is 12.4 Å². The van der Waals surface area contributed by atoms with Crippen molar-refractivity contribution in [3.05, 3.63) is 30.1 Å². The zero-order chi connectivity index (χ0) is 14.2. The first-order valence-electron chi connectivity index (χ1n) is 7.09. The highest BCUT2D eigenvalue weighted by molar-refractivity contribution is 5.23. The molecule has 0 aliphatic carbocycles. The standard InChI is InChI=1S/C15H22FNO3/c16-14-5-1-2-6-15(14)20-11-13(18)9-17-8-12-4-3-7-19-10-12/h1-2,5-6,12-13,17-18H,3-4,7-11H2. The van der Waals surface area contributed by atoms with E-state index < -0.39 is 11.9 Å². The molecule has 0 spiro atoms. The Morgan fingerprint density at radius 3 is 3.05 bits per heavy atom. The van der Waals surface area contributed by atoms with Crippen molar-refractivity contribution < 1.29 is 19.0 Å². The van der Waals surface area contributed by atoms with E-state index in [9.17, 15) is 9.50 Å². The van der Waals surface area contributed by atoms with Gasteiger partial charge in [0, 0.05) is 19.7 Å². The lowest BCUT2D eigenvalue weighted by atomic mass is 10.0. The van der Waals surface area contributed by atoms with Gasteiger partial charge in [-0.05, 0) is 30.9 Å². The number of halogens is 1. The van der Waals surface area contributed by atoms with Crippen LogP contribution in [-0.2, 0) is 4.74 Å². The van der Waals surface area contributed by atoms with Crippen LogP contribution in [0.2, 0.25) is 0 Å². The summed E-state index contributed by atoms with van der Waals surface area (Å²) in [6, 6.07) is 6.19. The number of nitrogens with one attached hydrogen (secondary N) is 1. The molecule has 4 nitrogen and oxygen atoms in total. The van der Waals surface area contributed by atoms with E-state index >= 15 is 0 Å². The lowest BCUT2D eigenvalue weighted by molar-refractivity contribution is 0.0515. The summed E-state index contributed by atoms with van der Waals surface area (Å²) in [7, 11) is 0. The maximum absolute atomic E-state index is 13.3. The predicted octanol–water partition coefficient (Wildman–Crippen LogP) is 1.58. The molecule has 1 heterocycles. The Bertz CT molecular complexity index is 396. The minimum atomic E-state index is -0.654. The Morgan fingerprint density at radius 2 is 2.30 bits per heavy atom. The lowest BCUT2D eigenvalue weighted by Gasteiger charge is -2.23. The van der Waals surface area contributed by atoms with E-state index in [4.69, 9.17) is 9.47 Å². The average molecular weight is 283 g/mol. The first-order valence-corrected chi connectivity index (χ1v) is 7.09. The molecular weight excluding hydrogens is 261 g/mol. The molecule has 0 saturated carbocycles. The number of hydrogen-bond donors (Lipinski definition) is 2. The number of aliphatic hydroxyl groups excluding tert-OH is 1. The largest absolute Gasteiger partial charge is 0.488 e. The van der Waals surface area contributed by atoms with Gasteiger partial charge in [0.15, 0.2) is 11.6 Å². The zero-order valence-electron chi connectivity index (χ0n) is 11.6. The average Bonchev–Trinajstić information content (AvgIpc) is 2.47. The van der Waals surface area contributed by atoms with Crippen molar-refractivity contribution in [2.75, 3.05) is 32.9 Å². The smallest absolute Gasteiger partial charge is 0.165 e. The third-order valence-electron chi connectivity index (χ3n) is 3.34. The molecule has 2 unspecified atom stereocenters. The minimum absolute atomic E-state index is 0.0785. The Hall–Kier alpha value is -1.17. The van der Waals surface area contributed by atoms with Crippen LogP contribution < -0.4 is 10.1 Å². The quantitative estimate of drug-likeness (QED) is 0.798. The molecule has 1 aromatic carbocycles. The summed E-state index contributed by atoms with van der Waals surface area (Å²) >= 11 is 0. The molecule has 1 aliphatic rings. The highest BCUT2D eigenvalue weighted by Gasteiger charge is 2.14. The van der Waals surface area contributed by atoms with Crippen molar-refractivity contribution in [3.8, 4) is 5.75 Å². The van der Waals surface area contributed by atoms with Crippen LogP contribution in [0.25, 0.3) is 0 Å². The topological polar surface area (TPSA) is 50.7 Å². The van der Waals surface area contributed by atoms with Crippen molar-refractivity contribution in [2.45, 2.75) is 18.9 Å². The first kappa shape index (κ1) is 15.2. The summed E-state index contributed by atoms with van der Waals surface area (Å²) in [6.07, 6.45) is 1.61. The molecule has 112 valence electrons. The van der Waals surface area contributed by atoms with E-state index in [0.717, 1.165) is 32.6 Å². The van der Waals surface area contributed by atoms with Gasteiger partial charge in [-0.3, -0.25) is 0 Å². The predicted molar refractivity (Wildman–Crippen MR) is 74.3 cm³/mol. The molecule has 0 bridgehead atoms. The number of rotatable bonds is 7. The summed E-state index contributed by atoms with van der Waals surface area (Å²) < 4.78 is 23.9. The SMILES string of the molecule is OC(CNCC1CCCOC1)COc1ccccc1F. The van der Waals surface area contributed by atoms with Gasteiger partial charge in [0.05, 0.1) is 6.61 Å². The van der Waals surface area contributed by atoms with E-state index in [0.29, 0.717) is 12.5 Å². The summed E-state index contributed by atoms with van der Waals surface area (Å²) in [5.74, 6) is 0.280. The summed E-state index contributed by atoms with van der Waals surface area (Å²) in [5.41, 5.74) is 0. The fourth-order valence-corrected chi connectivity index (χ4v) is 2.23. The second-order valence-electron chi connectivity index (χ2n) is 5.14. The number of ether oxygens (including phenoxy) is 2. The molecule has 0 radical (unpaired) electrons. The third kappa shape index (κ3) is 5.07. The van der Waals surface area contributed by atoms with Crippen LogP contribution >= 0.6 is 0 Å². The van der Waals surface area contributed by atoms with Crippen LogP contribution in [0.5, 0.6) is 5.75 Å². The molecule has 0 amide bonds. The number of benzene rings is 1. The van der Waals surface area contributed by atoms with E-state index in [1.165, 1.54) is 6.07 Å². The highest BCUT2D eigenvalue weighted by atomic mass is 19.1. The Balaban J connectivity index is 1.60. The van der Waals surface area contributed by atoms with Crippen LogP contribution in [0, 0.1) is 11.7 Å². The van der Waals surface area contributed by atoms with Crippen molar-refractivity contribution in [1.29, 1.82) is 0 Å². The minimum Gasteiger partial charge on any atom is -0.488 e. The molecule has 1 fully saturated rings. The second-order valence-corrected chi connectivity index (χ2v) is 5.14. The summed E-state index contributed by atoms with van der Waals surface area (Å²) in [6.45, 7) is 2.99. The summed E-state index contributed by atoms with van der Waals surface area (Å²) in [5, 5.41) is 13.0. The Labute approximate surface area is 118 Å². The normalized spacial score (nSPS) is 20.6. The second kappa shape index (κ2) is 8.19. The monoisotopic (exact) mass is 283 g/mol. The molecule has 1 aromatic rings. The van der Waals surface area contributed by atoms with Gasteiger partial charge in [0.2, 0.25) is 0 Å². The first-order chi connectivity index (χ1) is 9.75.